The standard InChI is InChI=1S/C19H18FN3O/c1-12(2)18-16(5-4-10-24)19(14-6-8-15(20)9-7-14)23-17(21-18)11-13(3)22-23/h4-12H,1-3H3. The molecular formula is C19H18FN3O. The lowest BCUT2D eigenvalue weighted by Gasteiger charge is -2.16. The monoisotopic (exact) mass is 323 g/mol. The minimum absolute atomic E-state index is 0.163. The molecule has 0 radical (unpaired) electrons. The zero-order valence-corrected chi connectivity index (χ0v) is 13.8. The molecule has 5 heteroatoms. The van der Waals surface area contributed by atoms with Crippen LogP contribution in [0.1, 0.15) is 36.7 Å². The molecule has 2 heterocycles. The van der Waals surface area contributed by atoms with Gasteiger partial charge in [-0.3, -0.25) is 4.79 Å². The third-order valence-electron chi connectivity index (χ3n) is 3.80. The van der Waals surface area contributed by atoms with Gasteiger partial charge in [-0.2, -0.15) is 5.10 Å². The summed E-state index contributed by atoms with van der Waals surface area (Å²) in [6.07, 6.45) is 3.92. The minimum atomic E-state index is -0.297. The predicted molar refractivity (Wildman–Crippen MR) is 92.3 cm³/mol. The van der Waals surface area contributed by atoms with E-state index in [1.807, 2.05) is 13.0 Å². The summed E-state index contributed by atoms with van der Waals surface area (Å²) in [6.45, 7) is 6.00. The topological polar surface area (TPSA) is 47.3 Å². The quantitative estimate of drug-likeness (QED) is 0.534. The lowest BCUT2D eigenvalue weighted by Crippen LogP contribution is -2.06. The van der Waals surface area contributed by atoms with Gasteiger partial charge in [0.05, 0.1) is 17.1 Å². The number of allylic oxidation sites excluding steroid dienone is 1. The van der Waals surface area contributed by atoms with Crippen molar-refractivity contribution >= 4 is 18.0 Å². The first-order valence-corrected chi connectivity index (χ1v) is 7.79. The highest BCUT2D eigenvalue weighted by atomic mass is 19.1. The number of aryl methyl sites for hydroxylation is 1. The van der Waals surface area contributed by atoms with Gasteiger partial charge in [-0.05, 0) is 49.3 Å². The summed E-state index contributed by atoms with van der Waals surface area (Å²) in [5, 5.41) is 4.52. The number of aldehydes is 1. The van der Waals surface area contributed by atoms with Crippen LogP contribution < -0.4 is 0 Å². The molecular weight excluding hydrogens is 305 g/mol. The molecule has 0 saturated carbocycles. The van der Waals surface area contributed by atoms with Crippen LogP contribution in [0.2, 0.25) is 0 Å². The molecule has 0 fully saturated rings. The minimum Gasteiger partial charge on any atom is -0.299 e. The first-order chi connectivity index (χ1) is 11.5. The highest BCUT2D eigenvalue weighted by Crippen LogP contribution is 2.31. The van der Waals surface area contributed by atoms with Crippen molar-refractivity contribution in [1.82, 2.24) is 14.6 Å². The Balaban J connectivity index is 2.43. The second kappa shape index (κ2) is 6.35. The van der Waals surface area contributed by atoms with Gasteiger partial charge in [0.1, 0.15) is 12.1 Å². The molecule has 0 aliphatic rings. The third kappa shape index (κ3) is 2.85. The predicted octanol–water partition coefficient (Wildman–Crippen LogP) is 4.18. The average molecular weight is 323 g/mol. The van der Waals surface area contributed by atoms with E-state index in [0.29, 0.717) is 0 Å². The Hall–Kier alpha value is -2.82. The number of hydrogen-bond donors (Lipinski definition) is 0. The fraction of sp³-hybridized carbons (Fsp3) is 0.211. The van der Waals surface area contributed by atoms with E-state index in [-0.39, 0.29) is 11.7 Å². The number of fused-ring (bicyclic) bond motifs is 1. The van der Waals surface area contributed by atoms with E-state index in [4.69, 9.17) is 4.98 Å². The Morgan fingerprint density at radius 1 is 1.21 bits per heavy atom. The van der Waals surface area contributed by atoms with Crippen LogP contribution in [0.4, 0.5) is 4.39 Å². The summed E-state index contributed by atoms with van der Waals surface area (Å²) in [4.78, 5) is 15.6. The van der Waals surface area contributed by atoms with Gasteiger partial charge in [0, 0.05) is 17.2 Å². The molecule has 0 bridgehead atoms. The number of aromatic nitrogens is 3. The summed E-state index contributed by atoms with van der Waals surface area (Å²) >= 11 is 0. The maximum absolute atomic E-state index is 13.3. The largest absolute Gasteiger partial charge is 0.299 e. The number of hydrogen-bond acceptors (Lipinski definition) is 3. The molecule has 0 N–H and O–H groups in total. The van der Waals surface area contributed by atoms with Crippen molar-refractivity contribution in [3.63, 3.8) is 0 Å². The summed E-state index contributed by atoms with van der Waals surface area (Å²) < 4.78 is 15.1. The molecule has 122 valence electrons. The van der Waals surface area contributed by atoms with Gasteiger partial charge >= 0.3 is 0 Å². The highest BCUT2D eigenvalue weighted by Gasteiger charge is 2.18. The maximum atomic E-state index is 13.3. The van der Waals surface area contributed by atoms with Crippen LogP contribution in [0, 0.1) is 12.7 Å². The van der Waals surface area contributed by atoms with E-state index in [1.165, 1.54) is 18.2 Å². The Bertz CT molecular complexity index is 924. The SMILES string of the molecule is Cc1cc2nc(C(C)C)c(C=CC=O)c(-c3ccc(F)cc3)n2n1. The summed E-state index contributed by atoms with van der Waals surface area (Å²) in [7, 11) is 0. The van der Waals surface area contributed by atoms with Crippen LogP contribution in [0.25, 0.3) is 23.0 Å². The second-order valence-corrected chi connectivity index (χ2v) is 5.97. The molecule has 3 rings (SSSR count). The van der Waals surface area contributed by atoms with E-state index < -0.39 is 0 Å². The molecule has 0 aliphatic carbocycles. The lowest BCUT2D eigenvalue weighted by atomic mass is 9.98. The van der Waals surface area contributed by atoms with Gasteiger partial charge < -0.3 is 0 Å². The number of nitrogens with zero attached hydrogens (tertiary/aromatic N) is 3. The molecule has 0 aliphatic heterocycles. The zero-order valence-electron chi connectivity index (χ0n) is 13.8. The van der Waals surface area contributed by atoms with E-state index in [2.05, 4.69) is 18.9 Å². The van der Waals surface area contributed by atoms with Crippen molar-refractivity contribution < 1.29 is 9.18 Å². The van der Waals surface area contributed by atoms with Crippen LogP contribution in [-0.4, -0.2) is 20.9 Å². The molecule has 4 nitrogen and oxygen atoms in total. The van der Waals surface area contributed by atoms with Crippen molar-refractivity contribution in [2.45, 2.75) is 26.7 Å². The molecule has 2 aromatic heterocycles. The van der Waals surface area contributed by atoms with Crippen molar-refractivity contribution in [2.24, 2.45) is 0 Å². The van der Waals surface area contributed by atoms with E-state index in [1.54, 1.807) is 22.7 Å². The molecule has 24 heavy (non-hydrogen) atoms. The van der Waals surface area contributed by atoms with Crippen LogP contribution in [-0.2, 0) is 4.79 Å². The van der Waals surface area contributed by atoms with Gasteiger partial charge in [-0.1, -0.05) is 13.8 Å². The zero-order chi connectivity index (χ0) is 17.3. The van der Waals surface area contributed by atoms with E-state index in [0.717, 1.165) is 40.1 Å². The summed E-state index contributed by atoms with van der Waals surface area (Å²) in [5.74, 6) is -0.134. The average Bonchev–Trinajstić information content (AvgIpc) is 2.92. The van der Waals surface area contributed by atoms with Gasteiger partial charge in [0.15, 0.2) is 5.65 Å². The number of carbonyl (C=O) groups excluding carboxylic acids is 1. The van der Waals surface area contributed by atoms with E-state index in [9.17, 15) is 9.18 Å². The smallest absolute Gasteiger partial charge is 0.156 e. The van der Waals surface area contributed by atoms with Crippen molar-refractivity contribution in [1.29, 1.82) is 0 Å². The normalized spacial score (nSPS) is 11.7. The Morgan fingerprint density at radius 3 is 2.54 bits per heavy atom. The third-order valence-corrected chi connectivity index (χ3v) is 3.80. The maximum Gasteiger partial charge on any atom is 0.156 e. The lowest BCUT2D eigenvalue weighted by molar-refractivity contribution is -0.104. The molecule has 0 amide bonds. The molecule has 0 saturated heterocycles. The number of carbonyl (C=O) groups is 1. The van der Waals surface area contributed by atoms with Crippen LogP contribution in [0.5, 0.6) is 0 Å². The molecule has 3 aromatic rings. The van der Waals surface area contributed by atoms with Crippen LogP contribution >= 0.6 is 0 Å². The van der Waals surface area contributed by atoms with Crippen LogP contribution in [0.15, 0.2) is 36.4 Å². The number of halogens is 1. The summed E-state index contributed by atoms with van der Waals surface area (Å²) in [5.41, 5.74) is 4.89. The second-order valence-electron chi connectivity index (χ2n) is 5.97. The summed E-state index contributed by atoms with van der Waals surface area (Å²) in [6, 6.07) is 8.17. The fourth-order valence-electron chi connectivity index (χ4n) is 2.77. The Morgan fingerprint density at radius 2 is 1.92 bits per heavy atom. The molecule has 0 unspecified atom stereocenters. The molecule has 0 spiro atoms. The van der Waals surface area contributed by atoms with Crippen molar-refractivity contribution in [2.75, 3.05) is 0 Å². The molecule has 1 aromatic carbocycles. The fourth-order valence-corrected chi connectivity index (χ4v) is 2.77. The van der Waals surface area contributed by atoms with Crippen molar-refractivity contribution in [3.05, 3.63) is 59.2 Å². The number of rotatable bonds is 4. The van der Waals surface area contributed by atoms with Gasteiger partial charge in [-0.25, -0.2) is 13.9 Å². The first kappa shape index (κ1) is 16.1. The van der Waals surface area contributed by atoms with Gasteiger partial charge in [-0.15, -0.1) is 0 Å². The molecule has 0 atom stereocenters. The van der Waals surface area contributed by atoms with Gasteiger partial charge in [0.2, 0.25) is 0 Å². The first-order valence-electron chi connectivity index (χ1n) is 7.79. The highest BCUT2D eigenvalue weighted by molar-refractivity contribution is 5.81. The van der Waals surface area contributed by atoms with Crippen LogP contribution in [0.3, 0.4) is 0 Å². The van der Waals surface area contributed by atoms with E-state index >= 15 is 0 Å². The van der Waals surface area contributed by atoms with Crippen molar-refractivity contribution in [3.8, 4) is 11.3 Å². The van der Waals surface area contributed by atoms with Gasteiger partial charge in [0.25, 0.3) is 0 Å². The number of benzene rings is 1. The Kier molecular flexibility index (Phi) is 4.25. The Labute approximate surface area is 139 Å².